The maximum absolute atomic E-state index is 10.8. The van der Waals surface area contributed by atoms with Gasteiger partial charge in [0, 0.05) is 5.02 Å². The van der Waals surface area contributed by atoms with Crippen LogP contribution in [0.4, 0.5) is 0 Å². The van der Waals surface area contributed by atoms with E-state index >= 15 is 0 Å². The molecule has 0 amide bonds. The van der Waals surface area contributed by atoms with E-state index in [1.54, 1.807) is 24.3 Å². The van der Waals surface area contributed by atoms with Crippen molar-refractivity contribution in [2.45, 2.75) is 13.0 Å². The van der Waals surface area contributed by atoms with Crippen LogP contribution < -0.4 is 0 Å². The highest BCUT2D eigenvalue weighted by molar-refractivity contribution is 6.30. The summed E-state index contributed by atoms with van der Waals surface area (Å²) >= 11 is 5.67. The third kappa shape index (κ3) is 2.06. The van der Waals surface area contributed by atoms with E-state index in [9.17, 15) is 9.90 Å². The molecule has 64 valence electrons. The van der Waals surface area contributed by atoms with E-state index in [0.717, 1.165) is 0 Å². The minimum Gasteiger partial charge on any atom is -0.381 e. The van der Waals surface area contributed by atoms with Crippen LogP contribution in [0, 0.1) is 0 Å². The van der Waals surface area contributed by atoms with Crippen LogP contribution in [-0.4, -0.2) is 10.9 Å². The van der Waals surface area contributed by atoms with Gasteiger partial charge in [0.05, 0.1) is 0 Å². The topological polar surface area (TPSA) is 37.3 Å². The fourth-order valence-corrected chi connectivity index (χ4v) is 1.11. The molecule has 0 aliphatic carbocycles. The van der Waals surface area contributed by atoms with Crippen molar-refractivity contribution in [2.75, 3.05) is 0 Å². The Morgan fingerprint density at radius 2 is 2.25 bits per heavy atom. The number of ketones is 1. The first-order valence-corrected chi connectivity index (χ1v) is 3.93. The van der Waals surface area contributed by atoms with Gasteiger partial charge in [0.25, 0.3) is 0 Å². The average Bonchev–Trinajstić information content (AvgIpc) is 2.03. The molecule has 1 rings (SSSR count). The maximum atomic E-state index is 10.8. The Morgan fingerprint density at radius 1 is 1.58 bits per heavy atom. The second-order valence-electron chi connectivity index (χ2n) is 2.57. The minimum absolute atomic E-state index is 0.280. The molecule has 0 aliphatic heterocycles. The van der Waals surface area contributed by atoms with E-state index in [4.69, 9.17) is 11.6 Å². The smallest absolute Gasteiger partial charge is 0.162 e. The highest BCUT2D eigenvalue weighted by atomic mass is 35.5. The fraction of sp³-hybridized carbons (Fsp3) is 0.222. The summed E-state index contributed by atoms with van der Waals surface area (Å²) in [5.41, 5.74) is 0.537. The van der Waals surface area contributed by atoms with Gasteiger partial charge in [-0.15, -0.1) is 0 Å². The van der Waals surface area contributed by atoms with Crippen LogP contribution in [0.15, 0.2) is 24.3 Å². The first-order valence-electron chi connectivity index (χ1n) is 3.55. The monoisotopic (exact) mass is 184 g/mol. The molecule has 1 atom stereocenters. The molecular formula is C9H9ClO2. The first kappa shape index (κ1) is 9.23. The predicted molar refractivity (Wildman–Crippen MR) is 47.1 cm³/mol. The summed E-state index contributed by atoms with van der Waals surface area (Å²) < 4.78 is 0. The van der Waals surface area contributed by atoms with Crippen LogP contribution in [0.3, 0.4) is 0 Å². The maximum Gasteiger partial charge on any atom is 0.162 e. The van der Waals surface area contributed by atoms with Crippen molar-refractivity contribution in [3.8, 4) is 0 Å². The number of aliphatic hydroxyl groups is 1. The average molecular weight is 185 g/mol. The molecule has 12 heavy (non-hydrogen) atoms. The summed E-state index contributed by atoms with van der Waals surface area (Å²) in [4.78, 5) is 10.8. The highest BCUT2D eigenvalue weighted by Crippen LogP contribution is 2.17. The third-order valence-electron chi connectivity index (χ3n) is 1.55. The molecule has 0 unspecified atom stereocenters. The van der Waals surface area contributed by atoms with Gasteiger partial charge in [0.15, 0.2) is 5.78 Å². The van der Waals surface area contributed by atoms with Crippen LogP contribution >= 0.6 is 11.6 Å². The Balaban J connectivity index is 2.95. The molecule has 0 radical (unpaired) electrons. The van der Waals surface area contributed by atoms with Gasteiger partial charge < -0.3 is 5.11 Å². The van der Waals surface area contributed by atoms with Crippen molar-refractivity contribution in [3.05, 3.63) is 34.9 Å². The van der Waals surface area contributed by atoms with Crippen molar-refractivity contribution < 1.29 is 9.90 Å². The Bertz CT molecular complexity index is 296. The van der Waals surface area contributed by atoms with Crippen molar-refractivity contribution in [1.29, 1.82) is 0 Å². The molecule has 0 aromatic heterocycles. The van der Waals surface area contributed by atoms with E-state index in [1.807, 2.05) is 0 Å². The molecule has 0 heterocycles. The first-order chi connectivity index (χ1) is 5.61. The number of rotatable bonds is 2. The van der Waals surface area contributed by atoms with Crippen LogP contribution in [0.2, 0.25) is 5.02 Å². The van der Waals surface area contributed by atoms with Crippen molar-refractivity contribution in [2.24, 2.45) is 0 Å². The molecule has 1 N–H and O–H groups in total. The van der Waals surface area contributed by atoms with Gasteiger partial charge in [-0.2, -0.15) is 0 Å². The van der Waals surface area contributed by atoms with E-state index < -0.39 is 6.10 Å². The van der Waals surface area contributed by atoms with Gasteiger partial charge in [0.1, 0.15) is 6.10 Å². The lowest BCUT2D eigenvalue weighted by molar-refractivity contribution is -0.125. The molecule has 3 heteroatoms. The Hall–Kier alpha value is -0.860. The molecule has 1 aromatic carbocycles. The number of carbonyl (C=O) groups is 1. The normalized spacial score (nSPS) is 12.6. The Morgan fingerprint density at radius 3 is 2.75 bits per heavy atom. The van der Waals surface area contributed by atoms with Gasteiger partial charge >= 0.3 is 0 Å². The van der Waals surface area contributed by atoms with Crippen molar-refractivity contribution >= 4 is 17.4 Å². The van der Waals surface area contributed by atoms with Crippen LogP contribution in [0.1, 0.15) is 18.6 Å². The predicted octanol–water partition coefficient (Wildman–Crippen LogP) is 1.96. The molecule has 0 saturated heterocycles. The summed E-state index contributed by atoms with van der Waals surface area (Å²) in [6, 6.07) is 6.63. The molecular weight excluding hydrogens is 176 g/mol. The van der Waals surface area contributed by atoms with Gasteiger partial charge in [-0.3, -0.25) is 4.79 Å². The lowest BCUT2D eigenvalue weighted by Gasteiger charge is -2.06. The Kier molecular flexibility index (Phi) is 2.84. The van der Waals surface area contributed by atoms with Crippen LogP contribution in [-0.2, 0) is 4.79 Å². The SMILES string of the molecule is CC(=O)[C@@H](O)c1cccc(Cl)c1. The minimum atomic E-state index is -1.05. The lowest BCUT2D eigenvalue weighted by atomic mass is 10.1. The number of carbonyl (C=O) groups excluding carboxylic acids is 1. The molecule has 0 fully saturated rings. The van der Waals surface area contributed by atoms with E-state index in [0.29, 0.717) is 10.6 Å². The number of aliphatic hydroxyl groups excluding tert-OH is 1. The Labute approximate surface area is 75.8 Å². The van der Waals surface area contributed by atoms with Gasteiger partial charge in [0.2, 0.25) is 0 Å². The molecule has 0 aliphatic rings. The summed E-state index contributed by atoms with van der Waals surface area (Å²) in [5.74, 6) is -0.280. The highest BCUT2D eigenvalue weighted by Gasteiger charge is 2.11. The number of hydrogen-bond donors (Lipinski definition) is 1. The zero-order valence-electron chi connectivity index (χ0n) is 6.62. The second kappa shape index (κ2) is 3.70. The van der Waals surface area contributed by atoms with Crippen molar-refractivity contribution in [1.82, 2.24) is 0 Å². The zero-order chi connectivity index (χ0) is 9.14. The molecule has 0 spiro atoms. The van der Waals surface area contributed by atoms with E-state index in [2.05, 4.69) is 0 Å². The van der Waals surface area contributed by atoms with Crippen LogP contribution in [0.25, 0.3) is 0 Å². The summed E-state index contributed by atoms with van der Waals surface area (Å²) in [6.45, 7) is 1.34. The zero-order valence-corrected chi connectivity index (χ0v) is 7.38. The number of Topliss-reactive ketones (excluding diaryl/α,β-unsaturated/α-hetero) is 1. The molecule has 2 nitrogen and oxygen atoms in total. The van der Waals surface area contributed by atoms with Crippen molar-refractivity contribution in [3.63, 3.8) is 0 Å². The van der Waals surface area contributed by atoms with Gasteiger partial charge in [-0.1, -0.05) is 23.7 Å². The molecule has 1 aromatic rings. The fourth-order valence-electron chi connectivity index (χ4n) is 0.911. The number of halogens is 1. The largest absolute Gasteiger partial charge is 0.381 e. The number of benzene rings is 1. The van der Waals surface area contributed by atoms with Gasteiger partial charge in [-0.25, -0.2) is 0 Å². The molecule has 0 bridgehead atoms. The summed E-state index contributed by atoms with van der Waals surface area (Å²) in [6.07, 6.45) is -1.05. The second-order valence-corrected chi connectivity index (χ2v) is 3.00. The standard InChI is InChI=1S/C9H9ClO2/c1-6(11)9(12)7-3-2-4-8(10)5-7/h2-5,9,12H,1H3/t9-/m1/s1. The molecule has 0 saturated carbocycles. The van der Waals surface area contributed by atoms with E-state index in [1.165, 1.54) is 6.92 Å². The third-order valence-corrected chi connectivity index (χ3v) is 1.78. The summed E-state index contributed by atoms with van der Waals surface area (Å²) in [7, 11) is 0. The van der Waals surface area contributed by atoms with Gasteiger partial charge in [-0.05, 0) is 24.6 Å². The summed E-state index contributed by atoms with van der Waals surface area (Å²) in [5, 5.41) is 9.84. The van der Waals surface area contributed by atoms with E-state index in [-0.39, 0.29) is 5.78 Å². The lowest BCUT2D eigenvalue weighted by Crippen LogP contribution is -2.06. The number of hydrogen-bond acceptors (Lipinski definition) is 2. The van der Waals surface area contributed by atoms with Crippen LogP contribution in [0.5, 0.6) is 0 Å². The quantitative estimate of drug-likeness (QED) is 0.763.